The van der Waals surface area contributed by atoms with Crippen molar-refractivity contribution in [2.75, 3.05) is 23.3 Å². The molecule has 4 amide bonds. The van der Waals surface area contributed by atoms with E-state index in [1.165, 1.54) is 12.8 Å². The van der Waals surface area contributed by atoms with Crippen LogP contribution in [0.25, 0.3) is 0 Å². The Kier molecular flexibility index (Phi) is 4.46. The van der Waals surface area contributed by atoms with Crippen LogP contribution in [0.4, 0.5) is 21.0 Å². The number of carbonyl (C=O) groups is 2. The van der Waals surface area contributed by atoms with E-state index in [4.69, 9.17) is 0 Å². The molecule has 3 N–H and O–H groups in total. The lowest BCUT2D eigenvalue weighted by atomic mass is 10.2. The Morgan fingerprint density at radius 3 is 2.55 bits per heavy atom. The van der Waals surface area contributed by atoms with Crippen molar-refractivity contribution >= 4 is 23.4 Å². The summed E-state index contributed by atoms with van der Waals surface area (Å²) in [4.78, 5) is 25.4. The van der Waals surface area contributed by atoms with Crippen LogP contribution in [0.2, 0.25) is 0 Å². The highest BCUT2D eigenvalue weighted by atomic mass is 16.2. The van der Waals surface area contributed by atoms with Gasteiger partial charge in [-0.1, -0.05) is 12.8 Å². The molecular weight excluding hydrogens is 280 g/mol. The third kappa shape index (κ3) is 3.50. The van der Waals surface area contributed by atoms with Crippen molar-refractivity contribution in [1.82, 2.24) is 10.6 Å². The van der Waals surface area contributed by atoms with Crippen molar-refractivity contribution in [2.24, 2.45) is 0 Å². The van der Waals surface area contributed by atoms with Gasteiger partial charge in [-0.25, -0.2) is 9.59 Å². The van der Waals surface area contributed by atoms with Gasteiger partial charge in [-0.2, -0.15) is 0 Å². The van der Waals surface area contributed by atoms with Crippen LogP contribution in [0.5, 0.6) is 0 Å². The van der Waals surface area contributed by atoms with Crippen molar-refractivity contribution < 1.29 is 9.59 Å². The highest BCUT2D eigenvalue weighted by molar-refractivity contribution is 5.93. The van der Waals surface area contributed by atoms with Crippen LogP contribution in [0.15, 0.2) is 24.3 Å². The van der Waals surface area contributed by atoms with Gasteiger partial charge in [-0.15, -0.1) is 0 Å². The van der Waals surface area contributed by atoms with E-state index in [2.05, 4.69) is 16.0 Å². The average Bonchev–Trinajstić information content (AvgIpc) is 3.01. The largest absolute Gasteiger partial charge is 0.338 e. The number of benzene rings is 1. The first kappa shape index (κ1) is 14.7. The summed E-state index contributed by atoms with van der Waals surface area (Å²) >= 11 is 0. The molecule has 1 aliphatic heterocycles. The quantitative estimate of drug-likeness (QED) is 0.803. The summed E-state index contributed by atoms with van der Waals surface area (Å²) < 4.78 is 0. The summed E-state index contributed by atoms with van der Waals surface area (Å²) in [7, 11) is 0. The number of hydrogen-bond donors (Lipinski definition) is 3. The van der Waals surface area contributed by atoms with Crippen LogP contribution >= 0.6 is 0 Å². The van der Waals surface area contributed by atoms with Crippen molar-refractivity contribution in [3.05, 3.63) is 24.3 Å². The molecule has 0 bridgehead atoms. The fraction of sp³-hybridized carbons (Fsp3) is 0.500. The van der Waals surface area contributed by atoms with E-state index in [0.717, 1.165) is 43.7 Å². The summed E-state index contributed by atoms with van der Waals surface area (Å²) in [6, 6.07) is 7.45. The summed E-state index contributed by atoms with van der Waals surface area (Å²) in [5.41, 5.74) is 1.58. The zero-order valence-electron chi connectivity index (χ0n) is 12.6. The topological polar surface area (TPSA) is 73.5 Å². The molecule has 22 heavy (non-hydrogen) atoms. The first-order valence-electron chi connectivity index (χ1n) is 7.95. The molecule has 0 unspecified atom stereocenters. The number of nitrogens with one attached hydrogen (secondary N) is 3. The molecular formula is C16H22N4O2. The fourth-order valence-electron chi connectivity index (χ4n) is 3.02. The molecule has 3 rings (SSSR count). The number of urea groups is 2. The monoisotopic (exact) mass is 302 g/mol. The molecule has 6 heteroatoms. The number of carbonyl (C=O) groups excluding carboxylic acids is 2. The Bertz CT molecular complexity index is 538. The molecule has 1 saturated carbocycles. The van der Waals surface area contributed by atoms with Gasteiger partial charge in [0.15, 0.2) is 0 Å². The highest BCUT2D eigenvalue weighted by Crippen LogP contribution is 2.20. The summed E-state index contributed by atoms with van der Waals surface area (Å²) in [6.07, 6.45) is 5.46. The minimum Gasteiger partial charge on any atom is -0.338 e. The van der Waals surface area contributed by atoms with Crippen molar-refractivity contribution in [3.63, 3.8) is 0 Å². The van der Waals surface area contributed by atoms with Crippen LogP contribution in [0, 0.1) is 0 Å². The van der Waals surface area contributed by atoms with Gasteiger partial charge >= 0.3 is 12.1 Å². The lowest BCUT2D eigenvalue weighted by Gasteiger charge is -2.27. The third-order valence-electron chi connectivity index (χ3n) is 4.21. The first-order valence-corrected chi connectivity index (χ1v) is 7.95. The lowest BCUT2D eigenvalue weighted by molar-refractivity contribution is 0.242. The van der Waals surface area contributed by atoms with E-state index in [0.29, 0.717) is 6.04 Å². The van der Waals surface area contributed by atoms with Crippen molar-refractivity contribution in [2.45, 2.75) is 38.1 Å². The predicted molar refractivity (Wildman–Crippen MR) is 86.2 cm³/mol. The molecule has 6 nitrogen and oxygen atoms in total. The molecule has 0 radical (unpaired) electrons. The molecule has 0 atom stereocenters. The van der Waals surface area contributed by atoms with Crippen LogP contribution in [0.3, 0.4) is 0 Å². The fourth-order valence-corrected chi connectivity index (χ4v) is 3.02. The second-order valence-corrected chi connectivity index (χ2v) is 5.86. The average molecular weight is 302 g/mol. The van der Waals surface area contributed by atoms with Gasteiger partial charge < -0.3 is 16.0 Å². The predicted octanol–water partition coefficient (Wildman–Crippen LogP) is 2.67. The second kappa shape index (κ2) is 6.68. The maximum Gasteiger partial charge on any atom is 0.321 e. The standard InChI is InChI=1S/C16H22N4O2/c21-15(18-12-4-1-2-5-12)19-13-6-8-14(9-7-13)20-11-3-10-17-16(20)22/h6-9,12H,1-5,10-11H2,(H,17,22)(H2,18,19,21). The third-order valence-corrected chi connectivity index (χ3v) is 4.21. The molecule has 2 aliphatic rings. The first-order chi connectivity index (χ1) is 10.7. The second-order valence-electron chi connectivity index (χ2n) is 5.86. The SMILES string of the molecule is O=C(Nc1ccc(N2CCCNC2=O)cc1)NC1CCCC1. The van der Waals surface area contributed by atoms with Gasteiger partial charge in [-0.3, -0.25) is 4.90 Å². The van der Waals surface area contributed by atoms with Crippen LogP contribution in [0.1, 0.15) is 32.1 Å². The molecule has 118 valence electrons. The van der Waals surface area contributed by atoms with Gasteiger partial charge in [-0.05, 0) is 43.5 Å². The molecule has 0 aromatic heterocycles. The van der Waals surface area contributed by atoms with Gasteiger partial charge in [0.05, 0.1) is 0 Å². The zero-order valence-corrected chi connectivity index (χ0v) is 12.6. The Balaban J connectivity index is 1.56. The van der Waals surface area contributed by atoms with E-state index < -0.39 is 0 Å². The molecule has 0 spiro atoms. The van der Waals surface area contributed by atoms with Gasteiger partial charge in [0, 0.05) is 30.5 Å². The highest BCUT2D eigenvalue weighted by Gasteiger charge is 2.19. The Labute approximate surface area is 130 Å². The van der Waals surface area contributed by atoms with Gasteiger partial charge in [0.2, 0.25) is 0 Å². The minimum absolute atomic E-state index is 0.0639. The normalized spacial score (nSPS) is 18.9. The number of hydrogen-bond acceptors (Lipinski definition) is 2. The van der Waals surface area contributed by atoms with E-state index in [1.807, 2.05) is 24.3 Å². The van der Waals surface area contributed by atoms with E-state index >= 15 is 0 Å². The summed E-state index contributed by atoms with van der Waals surface area (Å²) in [6.45, 7) is 1.46. The number of amides is 4. The Morgan fingerprint density at radius 2 is 1.86 bits per heavy atom. The van der Waals surface area contributed by atoms with Crippen LogP contribution < -0.4 is 20.9 Å². The van der Waals surface area contributed by atoms with E-state index in [-0.39, 0.29) is 12.1 Å². The van der Waals surface area contributed by atoms with Crippen molar-refractivity contribution in [1.29, 1.82) is 0 Å². The van der Waals surface area contributed by atoms with E-state index in [1.54, 1.807) is 4.90 Å². The molecule has 1 aromatic rings. The smallest absolute Gasteiger partial charge is 0.321 e. The van der Waals surface area contributed by atoms with Gasteiger partial charge in [0.25, 0.3) is 0 Å². The maximum absolute atomic E-state index is 11.9. The van der Waals surface area contributed by atoms with E-state index in [9.17, 15) is 9.59 Å². The summed E-state index contributed by atoms with van der Waals surface area (Å²) in [5.74, 6) is 0. The van der Waals surface area contributed by atoms with Crippen molar-refractivity contribution in [3.8, 4) is 0 Å². The maximum atomic E-state index is 11.9. The molecule has 2 fully saturated rings. The lowest BCUT2D eigenvalue weighted by Crippen LogP contribution is -2.46. The van der Waals surface area contributed by atoms with Gasteiger partial charge in [0.1, 0.15) is 0 Å². The number of rotatable bonds is 3. The number of nitrogens with zero attached hydrogens (tertiary/aromatic N) is 1. The molecule has 1 aliphatic carbocycles. The van der Waals surface area contributed by atoms with Crippen LogP contribution in [-0.4, -0.2) is 31.2 Å². The minimum atomic E-state index is -0.157. The van der Waals surface area contributed by atoms with Crippen LogP contribution in [-0.2, 0) is 0 Å². The Morgan fingerprint density at radius 1 is 1.14 bits per heavy atom. The zero-order chi connectivity index (χ0) is 15.4. The Hall–Kier alpha value is -2.24. The molecule has 1 aromatic carbocycles. The molecule has 1 saturated heterocycles. The summed E-state index contributed by atoms with van der Waals surface area (Å²) in [5, 5.41) is 8.65. The number of anilines is 2. The molecule has 1 heterocycles.